The SMILES string of the molecule is SC(c1ccccc1)C1(Cc2ccccc2)CNCCO1. The second-order valence-electron chi connectivity index (χ2n) is 5.57. The summed E-state index contributed by atoms with van der Waals surface area (Å²) in [4.78, 5) is 0. The van der Waals surface area contributed by atoms with E-state index in [1.807, 2.05) is 12.1 Å². The Balaban J connectivity index is 1.89. The number of thiol groups is 1. The van der Waals surface area contributed by atoms with Gasteiger partial charge >= 0.3 is 0 Å². The van der Waals surface area contributed by atoms with E-state index < -0.39 is 0 Å². The zero-order chi connectivity index (χ0) is 14.5. The molecule has 1 saturated heterocycles. The van der Waals surface area contributed by atoms with Crippen LogP contribution in [0.3, 0.4) is 0 Å². The molecule has 1 heterocycles. The maximum absolute atomic E-state index is 6.25. The van der Waals surface area contributed by atoms with E-state index in [0.29, 0.717) is 0 Å². The van der Waals surface area contributed by atoms with Crippen LogP contribution < -0.4 is 5.32 Å². The Morgan fingerprint density at radius 2 is 1.71 bits per heavy atom. The van der Waals surface area contributed by atoms with Crippen LogP contribution >= 0.6 is 12.6 Å². The average molecular weight is 299 g/mol. The number of ether oxygens (including phenoxy) is 1. The number of morpholine rings is 1. The van der Waals surface area contributed by atoms with Crippen LogP contribution in [0.1, 0.15) is 16.4 Å². The Labute approximate surface area is 131 Å². The molecule has 0 amide bonds. The summed E-state index contributed by atoms with van der Waals surface area (Å²) in [7, 11) is 0. The molecule has 1 fully saturated rings. The Morgan fingerprint density at radius 1 is 1.05 bits per heavy atom. The molecule has 1 aliphatic heterocycles. The second kappa shape index (κ2) is 6.65. The standard InChI is InChI=1S/C18H21NOS/c21-17(16-9-5-2-6-10-16)18(14-19-11-12-20-18)13-15-7-3-1-4-8-15/h1-10,17,19,21H,11-14H2. The zero-order valence-electron chi connectivity index (χ0n) is 12.0. The lowest BCUT2D eigenvalue weighted by molar-refractivity contribution is -0.0666. The van der Waals surface area contributed by atoms with Crippen molar-refractivity contribution in [1.82, 2.24) is 5.32 Å². The van der Waals surface area contributed by atoms with Crippen molar-refractivity contribution >= 4 is 12.6 Å². The lowest BCUT2D eigenvalue weighted by Gasteiger charge is -2.42. The van der Waals surface area contributed by atoms with Gasteiger partial charge in [-0.05, 0) is 11.1 Å². The minimum atomic E-state index is -0.302. The van der Waals surface area contributed by atoms with E-state index in [4.69, 9.17) is 17.4 Å². The van der Waals surface area contributed by atoms with Gasteiger partial charge in [0.15, 0.2) is 0 Å². The predicted octanol–water partition coefficient (Wildman–Crippen LogP) is 3.26. The molecule has 2 unspecified atom stereocenters. The lowest BCUT2D eigenvalue weighted by atomic mass is 9.86. The first-order valence-electron chi connectivity index (χ1n) is 7.42. The van der Waals surface area contributed by atoms with Gasteiger partial charge in [0.05, 0.1) is 11.9 Å². The van der Waals surface area contributed by atoms with Gasteiger partial charge in [-0.2, -0.15) is 12.6 Å². The van der Waals surface area contributed by atoms with Gasteiger partial charge in [-0.15, -0.1) is 0 Å². The molecule has 21 heavy (non-hydrogen) atoms. The number of hydrogen-bond acceptors (Lipinski definition) is 3. The number of rotatable bonds is 4. The summed E-state index contributed by atoms with van der Waals surface area (Å²) in [6.07, 6.45) is 0.865. The van der Waals surface area contributed by atoms with Crippen LogP contribution in [0, 0.1) is 0 Å². The maximum Gasteiger partial charge on any atom is 0.100 e. The molecule has 2 aromatic carbocycles. The van der Waals surface area contributed by atoms with Crippen molar-refractivity contribution in [3.63, 3.8) is 0 Å². The fourth-order valence-corrected chi connectivity index (χ4v) is 3.37. The third-order valence-electron chi connectivity index (χ3n) is 4.05. The smallest absolute Gasteiger partial charge is 0.100 e. The highest BCUT2D eigenvalue weighted by Gasteiger charge is 2.40. The van der Waals surface area contributed by atoms with Gasteiger partial charge in [0.2, 0.25) is 0 Å². The third-order valence-corrected chi connectivity index (χ3v) is 4.82. The Morgan fingerprint density at radius 3 is 2.33 bits per heavy atom. The molecular formula is C18H21NOS. The van der Waals surface area contributed by atoms with Crippen LogP contribution in [-0.2, 0) is 11.2 Å². The van der Waals surface area contributed by atoms with Crippen molar-refractivity contribution < 1.29 is 4.74 Å². The van der Waals surface area contributed by atoms with E-state index in [0.717, 1.165) is 26.1 Å². The quantitative estimate of drug-likeness (QED) is 0.846. The van der Waals surface area contributed by atoms with Crippen LogP contribution in [0.25, 0.3) is 0 Å². The van der Waals surface area contributed by atoms with Crippen molar-refractivity contribution in [2.24, 2.45) is 0 Å². The van der Waals surface area contributed by atoms with Gasteiger partial charge in [0.25, 0.3) is 0 Å². The predicted molar refractivity (Wildman–Crippen MR) is 89.9 cm³/mol. The Bertz CT molecular complexity index is 552. The largest absolute Gasteiger partial charge is 0.370 e. The molecule has 0 radical (unpaired) electrons. The molecule has 3 heteroatoms. The summed E-state index contributed by atoms with van der Waals surface area (Å²) >= 11 is 4.91. The molecule has 0 aliphatic carbocycles. The molecule has 2 atom stereocenters. The number of nitrogens with one attached hydrogen (secondary N) is 1. The molecule has 0 bridgehead atoms. The van der Waals surface area contributed by atoms with E-state index in [1.54, 1.807) is 0 Å². The number of hydrogen-bond donors (Lipinski definition) is 2. The Hall–Kier alpha value is -1.29. The summed E-state index contributed by atoms with van der Waals surface area (Å²) in [5.74, 6) is 0. The number of benzene rings is 2. The van der Waals surface area contributed by atoms with Crippen LogP contribution in [-0.4, -0.2) is 25.3 Å². The molecule has 0 spiro atoms. The molecule has 2 nitrogen and oxygen atoms in total. The van der Waals surface area contributed by atoms with Gasteiger partial charge in [-0.25, -0.2) is 0 Å². The molecule has 0 saturated carbocycles. The maximum atomic E-state index is 6.25. The summed E-state index contributed by atoms with van der Waals surface area (Å²) in [5, 5.41) is 3.52. The van der Waals surface area contributed by atoms with Crippen molar-refractivity contribution in [3.8, 4) is 0 Å². The molecule has 110 valence electrons. The first-order valence-corrected chi connectivity index (χ1v) is 7.93. The van der Waals surface area contributed by atoms with Crippen LogP contribution in [0.2, 0.25) is 0 Å². The summed E-state index contributed by atoms with van der Waals surface area (Å²) in [5.41, 5.74) is 2.20. The highest BCUT2D eigenvalue weighted by atomic mass is 32.1. The van der Waals surface area contributed by atoms with Crippen molar-refractivity contribution in [1.29, 1.82) is 0 Å². The normalized spacial score (nSPS) is 23.7. The molecule has 1 aliphatic rings. The minimum absolute atomic E-state index is 0.0479. The molecule has 3 rings (SSSR count). The van der Waals surface area contributed by atoms with E-state index in [2.05, 4.69) is 53.8 Å². The minimum Gasteiger partial charge on any atom is -0.370 e. The highest BCUT2D eigenvalue weighted by Crippen LogP contribution is 2.38. The summed E-state index contributed by atoms with van der Waals surface area (Å²) in [6, 6.07) is 20.9. The molecule has 0 aromatic heterocycles. The van der Waals surface area contributed by atoms with E-state index in [1.165, 1.54) is 11.1 Å². The van der Waals surface area contributed by atoms with Gasteiger partial charge in [-0.1, -0.05) is 60.7 Å². The first kappa shape index (κ1) is 14.6. The summed E-state index contributed by atoms with van der Waals surface area (Å²) < 4.78 is 6.25. The molecular weight excluding hydrogens is 278 g/mol. The van der Waals surface area contributed by atoms with E-state index in [-0.39, 0.29) is 10.9 Å². The monoisotopic (exact) mass is 299 g/mol. The van der Waals surface area contributed by atoms with Gasteiger partial charge < -0.3 is 10.1 Å². The van der Waals surface area contributed by atoms with Crippen LogP contribution in [0.15, 0.2) is 60.7 Å². The fourth-order valence-electron chi connectivity index (χ4n) is 2.94. The average Bonchev–Trinajstić information content (AvgIpc) is 2.57. The van der Waals surface area contributed by atoms with Crippen molar-refractivity contribution in [2.45, 2.75) is 17.3 Å². The lowest BCUT2D eigenvalue weighted by Crippen LogP contribution is -2.53. The van der Waals surface area contributed by atoms with E-state index in [9.17, 15) is 0 Å². The second-order valence-corrected chi connectivity index (χ2v) is 6.08. The van der Waals surface area contributed by atoms with E-state index >= 15 is 0 Å². The van der Waals surface area contributed by atoms with Crippen molar-refractivity contribution in [2.75, 3.05) is 19.7 Å². The fraction of sp³-hybridized carbons (Fsp3) is 0.333. The molecule has 2 aromatic rings. The van der Waals surface area contributed by atoms with Crippen molar-refractivity contribution in [3.05, 3.63) is 71.8 Å². The third kappa shape index (κ3) is 3.31. The molecule has 1 N–H and O–H groups in total. The topological polar surface area (TPSA) is 21.3 Å². The van der Waals surface area contributed by atoms with Crippen LogP contribution in [0.4, 0.5) is 0 Å². The summed E-state index contributed by atoms with van der Waals surface area (Å²) in [6.45, 7) is 2.47. The van der Waals surface area contributed by atoms with Gasteiger partial charge in [0, 0.05) is 19.5 Å². The Kier molecular flexibility index (Phi) is 4.63. The van der Waals surface area contributed by atoms with Crippen LogP contribution in [0.5, 0.6) is 0 Å². The first-order chi connectivity index (χ1) is 10.3. The van der Waals surface area contributed by atoms with Gasteiger partial charge in [0.1, 0.15) is 5.60 Å². The van der Waals surface area contributed by atoms with Gasteiger partial charge in [-0.3, -0.25) is 0 Å². The zero-order valence-corrected chi connectivity index (χ0v) is 12.9. The highest BCUT2D eigenvalue weighted by molar-refractivity contribution is 7.80.